The Labute approximate surface area is 66.8 Å². The van der Waals surface area contributed by atoms with Crippen LogP contribution in [-0.2, 0) is 6.42 Å². The minimum Gasteiger partial charge on any atom is -0.0843 e. The lowest BCUT2D eigenvalue weighted by Crippen LogP contribution is -1.80. The molecular formula is C9H10Cl. The van der Waals surface area contributed by atoms with Crippen LogP contribution in [0, 0.1) is 6.92 Å². The molecule has 0 spiro atoms. The summed E-state index contributed by atoms with van der Waals surface area (Å²) in [5.74, 6) is 0. The van der Waals surface area contributed by atoms with Crippen molar-refractivity contribution in [2.75, 3.05) is 0 Å². The summed E-state index contributed by atoms with van der Waals surface area (Å²) in [6.07, 6.45) is 1.95. The summed E-state index contributed by atoms with van der Waals surface area (Å²) >= 11 is 5.76. The zero-order valence-electron chi connectivity index (χ0n) is 5.81. The van der Waals surface area contributed by atoms with Gasteiger partial charge in [-0.1, -0.05) is 30.7 Å². The van der Waals surface area contributed by atoms with Crippen molar-refractivity contribution in [2.45, 2.75) is 12.8 Å². The van der Waals surface area contributed by atoms with Gasteiger partial charge in [-0.25, -0.2) is 0 Å². The van der Waals surface area contributed by atoms with Gasteiger partial charge < -0.3 is 0 Å². The van der Waals surface area contributed by atoms with E-state index < -0.39 is 0 Å². The van der Waals surface area contributed by atoms with Crippen LogP contribution in [0.15, 0.2) is 24.3 Å². The molecule has 1 aromatic carbocycles. The molecule has 0 nitrogen and oxygen atoms in total. The van der Waals surface area contributed by atoms with Gasteiger partial charge in [0.15, 0.2) is 0 Å². The first-order valence-electron chi connectivity index (χ1n) is 3.36. The van der Waals surface area contributed by atoms with Gasteiger partial charge in [-0.15, -0.1) is 0 Å². The van der Waals surface area contributed by atoms with E-state index in [4.69, 9.17) is 11.6 Å². The smallest absolute Gasteiger partial charge is 0.0408 e. The quantitative estimate of drug-likeness (QED) is 0.613. The maximum Gasteiger partial charge on any atom is 0.0408 e. The molecule has 0 aliphatic rings. The topological polar surface area (TPSA) is 0 Å². The average Bonchev–Trinajstić information content (AvgIpc) is 1.88. The SMILES string of the molecule is [CH2]CCc1cccc(Cl)c1. The van der Waals surface area contributed by atoms with Crippen molar-refractivity contribution < 1.29 is 0 Å². The molecule has 0 N–H and O–H groups in total. The summed E-state index contributed by atoms with van der Waals surface area (Å²) in [6.45, 7) is 3.77. The number of halogens is 1. The first-order chi connectivity index (χ1) is 4.83. The van der Waals surface area contributed by atoms with Crippen LogP contribution in [0.5, 0.6) is 0 Å². The van der Waals surface area contributed by atoms with Crippen LogP contribution >= 0.6 is 11.6 Å². The van der Waals surface area contributed by atoms with Crippen LogP contribution < -0.4 is 0 Å². The molecule has 0 fully saturated rings. The molecule has 0 amide bonds. The van der Waals surface area contributed by atoms with Crippen LogP contribution in [0.2, 0.25) is 5.02 Å². The minimum atomic E-state index is 0.811. The molecule has 10 heavy (non-hydrogen) atoms. The van der Waals surface area contributed by atoms with Crippen LogP contribution in [-0.4, -0.2) is 0 Å². The Morgan fingerprint density at radius 1 is 1.40 bits per heavy atom. The summed E-state index contributed by atoms with van der Waals surface area (Å²) in [6, 6.07) is 7.89. The average molecular weight is 154 g/mol. The molecule has 1 heteroatoms. The van der Waals surface area contributed by atoms with Crippen molar-refractivity contribution in [3.63, 3.8) is 0 Å². The number of aryl methyl sites for hydroxylation is 1. The van der Waals surface area contributed by atoms with E-state index in [-0.39, 0.29) is 0 Å². The molecule has 0 heterocycles. The molecular weight excluding hydrogens is 144 g/mol. The van der Waals surface area contributed by atoms with Crippen molar-refractivity contribution in [3.05, 3.63) is 41.8 Å². The first-order valence-corrected chi connectivity index (χ1v) is 3.74. The van der Waals surface area contributed by atoms with E-state index in [1.54, 1.807) is 0 Å². The Balaban J connectivity index is 2.75. The van der Waals surface area contributed by atoms with Crippen molar-refractivity contribution in [2.24, 2.45) is 0 Å². The van der Waals surface area contributed by atoms with Gasteiger partial charge >= 0.3 is 0 Å². The molecule has 0 aromatic heterocycles. The van der Waals surface area contributed by atoms with Gasteiger partial charge in [0, 0.05) is 5.02 Å². The third-order valence-corrected chi connectivity index (χ3v) is 1.59. The van der Waals surface area contributed by atoms with Gasteiger partial charge in [-0.3, -0.25) is 0 Å². The van der Waals surface area contributed by atoms with E-state index in [9.17, 15) is 0 Å². The van der Waals surface area contributed by atoms with Crippen LogP contribution in [0.3, 0.4) is 0 Å². The van der Waals surface area contributed by atoms with Crippen LogP contribution in [0.1, 0.15) is 12.0 Å². The van der Waals surface area contributed by atoms with Crippen molar-refractivity contribution in [3.8, 4) is 0 Å². The highest BCUT2D eigenvalue weighted by Crippen LogP contribution is 2.11. The van der Waals surface area contributed by atoms with E-state index in [0.29, 0.717) is 0 Å². The lowest BCUT2D eigenvalue weighted by atomic mass is 10.1. The molecule has 1 aromatic rings. The monoisotopic (exact) mass is 153 g/mol. The summed E-state index contributed by atoms with van der Waals surface area (Å²) in [7, 11) is 0. The third kappa shape index (κ3) is 2.03. The number of hydrogen-bond donors (Lipinski definition) is 0. The lowest BCUT2D eigenvalue weighted by molar-refractivity contribution is 1.000. The fourth-order valence-corrected chi connectivity index (χ4v) is 1.11. The second-order valence-corrected chi connectivity index (χ2v) is 2.67. The van der Waals surface area contributed by atoms with Gasteiger partial charge in [0.25, 0.3) is 0 Å². The molecule has 0 unspecified atom stereocenters. The number of benzene rings is 1. The zero-order chi connectivity index (χ0) is 7.40. The van der Waals surface area contributed by atoms with Gasteiger partial charge in [-0.2, -0.15) is 0 Å². The third-order valence-electron chi connectivity index (χ3n) is 1.35. The molecule has 0 atom stereocenters. The minimum absolute atomic E-state index is 0.811. The molecule has 0 bridgehead atoms. The number of hydrogen-bond acceptors (Lipinski definition) is 0. The fraction of sp³-hybridized carbons (Fsp3) is 0.222. The molecule has 0 saturated heterocycles. The predicted octanol–water partition coefficient (Wildman–Crippen LogP) is 3.11. The molecule has 0 aliphatic carbocycles. The van der Waals surface area contributed by atoms with Crippen LogP contribution in [0.25, 0.3) is 0 Å². The molecule has 0 saturated carbocycles. The Bertz CT molecular complexity index is 206. The molecule has 1 rings (SSSR count). The highest BCUT2D eigenvalue weighted by Gasteiger charge is 1.90. The van der Waals surface area contributed by atoms with Gasteiger partial charge in [0.05, 0.1) is 0 Å². The lowest BCUT2D eigenvalue weighted by Gasteiger charge is -1.96. The summed E-state index contributed by atoms with van der Waals surface area (Å²) in [5, 5.41) is 0.811. The maximum absolute atomic E-state index is 5.76. The van der Waals surface area contributed by atoms with E-state index >= 15 is 0 Å². The Morgan fingerprint density at radius 2 is 2.20 bits per heavy atom. The largest absolute Gasteiger partial charge is 0.0843 e. The molecule has 1 radical (unpaired) electrons. The van der Waals surface area contributed by atoms with E-state index in [0.717, 1.165) is 17.9 Å². The summed E-state index contributed by atoms with van der Waals surface area (Å²) in [5.41, 5.74) is 1.27. The van der Waals surface area contributed by atoms with Crippen molar-refractivity contribution >= 4 is 11.6 Å². The van der Waals surface area contributed by atoms with Crippen LogP contribution in [0.4, 0.5) is 0 Å². The zero-order valence-corrected chi connectivity index (χ0v) is 6.56. The van der Waals surface area contributed by atoms with Gasteiger partial charge in [0.1, 0.15) is 0 Å². The van der Waals surface area contributed by atoms with Crippen molar-refractivity contribution in [1.82, 2.24) is 0 Å². The Hall–Kier alpha value is -0.490. The number of rotatable bonds is 2. The fourth-order valence-electron chi connectivity index (χ4n) is 0.897. The highest BCUT2D eigenvalue weighted by molar-refractivity contribution is 6.30. The predicted molar refractivity (Wildman–Crippen MR) is 45.1 cm³/mol. The standard InChI is InChI=1S/C9H10Cl/c1-2-4-8-5-3-6-9(10)7-8/h3,5-7H,1-2,4H2. The normalized spacial score (nSPS) is 9.80. The Kier molecular flexibility index (Phi) is 2.76. The van der Waals surface area contributed by atoms with Crippen molar-refractivity contribution in [1.29, 1.82) is 0 Å². The highest BCUT2D eigenvalue weighted by atomic mass is 35.5. The maximum atomic E-state index is 5.76. The second-order valence-electron chi connectivity index (χ2n) is 2.23. The second kappa shape index (κ2) is 3.62. The van der Waals surface area contributed by atoms with E-state index in [2.05, 4.69) is 13.0 Å². The first kappa shape index (κ1) is 7.62. The Morgan fingerprint density at radius 3 is 2.80 bits per heavy atom. The van der Waals surface area contributed by atoms with Gasteiger partial charge in [-0.05, 0) is 30.5 Å². The van der Waals surface area contributed by atoms with E-state index in [1.807, 2.05) is 18.2 Å². The van der Waals surface area contributed by atoms with E-state index in [1.165, 1.54) is 5.56 Å². The summed E-state index contributed by atoms with van der Waals surface area (Å²) < 4.78 is 0. The van der Waals surface area contributed by atoms with Gasteiger partial charge in [0.2, 0.25) is 0 Å². The summed E-state index contributed by atoms with van der Waals surface area (Å²) in [4.78, 5) is 0. The molecule has 0 aliphatic heterocycles. The molecule has 53 valence electrons.